The van der Waals surface area contributed by atoms with Gasteiger partial charge in [0.05, 0.1) is 17.7 Å². The fourth-order valence-electron chi connectivity index (χ4n) is 4.23. The fraction of sp³-hybridized carbons (Fsp3) is 0.412. The van der Waals surface area contributed by atoms with Gasteiger partial charge in [0.1, 0.15) is 17.2 Å². The third-order valence-electron chi connectivity index (χ3n) is 6.61. The van der Waals surface area contributed by atoms with Gasteiger partial charge in [-0.25, -0.2) is 9.59 Å². The molecular weight excluding hydrogens is 488 g/mol. The van der Waals surface area contributed by atoms with Gasteiger partial charge in [-0.2, -0.15) is 0 Å². The van der Waals surface area contributed by atoms with Gasteiger partial charge < -0.3 is 14.2 Å². The molecule has 0 aliphatic heterocycles. The lowest BCUT2D eigenvalue weighted by atomic mass is 10.0. The van der Waals surface area contributed by atoms with E-state index in [4.69, 9.17) is 14.2 Å². The van der Waals surface area contributed by atoms with Gasteiger partial charge in [-0.05, 0) is 85.5 Å². The maximum absolute atomic E-state index is 12.6. The minimum absolute atomic E-state index is 0.370. The van der Waals surface area contributed by atoms with E-state index in [1.54, 1.807) is 48.5 Å². The van der Waals surface area contributed by atoms with Gasteiger partial charge in [0.25, 0.3) is 0 Å². The lowest BCUT2D eigenvalue weighted by Gasteiger charge is -2.08. The number of carbonyl (C=O) groups is 2. The molecule has 0 unspecified atom stereocenters. The van der Waals surface area contributed by atoms with Gasteiger partial charge >= 0.3 is 11.9 Å². The maximum Gasteiger partial charge on any atom is 0.343 e. The Hall–Kier alpha value is -3.60. The zero-order chi connectivity index (χ0) is 27.7. The molecule has 0 fully saturated rings. The van der Waals surface area contributed by atoms with E-state index in [-0.39, 0.29) is 0 Å². The van der Waals surface area contributed by atoms with E-state index < -0.39 is 11.9 Å². The van der Waals surface area contributed by atoms with Crippen LogP contribution in [0.1, 0.15) is 104 Å². The maximum atomic E-state index is 12.6. The van der Waals surface area contributed by atoms with Crippen molar-refractivity contribution in [2.45, 2.75) is 84.5 Å². The van der Waals surface area contributed by atoms with E-state index in [2.05, 4.69) is 13.8 Å². The van der Waals surface area contributed by atoms with Crippen molar-refractivity contribution in [2.75, 3.05) is 6.61 Å². The van der Waals surface area contributed by atoms with Gasteiger partial charge in [-0.1, -0.05) is 77.3 Å². The fourth-order valence-corrected chi connectivity index (χ4v) is 4.23. The SMILES string of the molecule is CCCCCCCCCc1ccc(C(=O)Oc2ccc(OC(=O)c3ccc(OCCCCC)cc3)cc2)cc1. The van der Waals surface area contributed by atoms with Crippen LogP contribution in [0.2, 0.25) is 0 Å². The zero-order valence-corrected chi connectivity index (χ0v) is 23.5. The molecule has 0 bridgehead atoms. The number of hydrogen-bond donors (Lipinski definition) is 0. The Morgan fingerprint density at radius 2 is 0.949 bits per heavy atom. The highest BCUT2D eigenvalue weighted by Gasteiger charge is 2.11. The lowest BCUT2D eigenvalue weighted by molar-refractivity contribution is 0.0719. The van der Waals surface area contributed by atoms with Crippen molar-refractivity contribution >= 4 is 11.9 Å². The number of esters is 2. The van der Waals surface area contributed by atoms with Crippen LogP contribution in [0, 0.1) is 0 Å². The molecule has 0 radical (unpaired) electrons. The summed E-state index contributed by atoms with van der Waals surface area (Å²) in [6.07, 6.45) is 13.3. The number of aryl methyl sites for hydroxylation is 1. The number of ether oxygens (including phenoxy) is 3. The largest absolute Gasteiger partial charge is 0.494 e. The Kier molecular flexibility index (Phi) is 13.1. The molecule has 0 aromatic heterocycles. The van der Waals surface area contributed by atoms with E-state index >= 15 is 0 Å². The molecule has 0 saturated carbocycles. The van der Waals surface area contributed by atoms with Gasteiger partial charge in [0.15, 0.2) is 0 Å². The van der Waals surface area contributed by atoms with Crippen LogP contribution in [0.25, 0.3) is 0 Å². The predicted octanol–water partition coefficient (Wildman–Crippen LogP) is 8.99. The first-order valence-corrected chi connectivity index (χ1v) is 14.4. The minimum Gasteiger partial charge on any atom is -0.494 e. The summed E-state index contributed by atoms with van der Waals surface area (Å²) >= 11 is 0. The molecule has 0 N–H and O–H groups in total. The van der Waals surface area contributed by atoms with Crippen LogP contribution >= 0.6 is 0 Å². The smallest absolute Gasteiger partial charge is 0.343 e. The summed E-state index contributed by atoms with van der Waals surface area (Å²) in [7, 11) is 0. The lowest BCUT2D eigenvalue weighted by Crippen LogP contribution is -2.09. The van der Waals surface area contributed by atoms with Crippen LogP contribution in [0.5, 0.6) is 17.2 Å². The van der Waals surface area contributed by atoms with Crippen LogP contribution in [-0.4, -0.2) is 18.5 Å². The first-order chi connectivity index (χ1) is 19.1. The van der Waals surface area contributed by atoms with Crippen LogP contribution in [-0.2, 0) is 6.42 Å². The van der Waals surface area contributed by atoms with Crippen molar-refractivity contribution in [1.82, 2.24) is 0 Å². The highest BCUT2D eigenvalue weighted by molar-refractivity contribution is 5.92. The molecule has 0 spiro atoms. The Balaban J connectivity index is 1.41. The second kappa shape index (κ2) is 17.1. The van der Waals surface area contributed by atoms with E-state index in [0.717, 1.165) is 31.4 Å². The first kappa shape index (κ1) is 29.9. The Morgan fingerprint density at radius 3 is 1.49 bits per heavy atom. The third kappa shape index (κ3) is 11.0. The molecule has 3 aromatic rings. The summed E-state index contributed by atoms with van der Waals surface area (Å²) in [6, 6.07) is 21.0. The summed E-state index contributed by atoms with van der Waals surface area (Å²) in [5.41, 5.74) is 2.17. The van der Waals surface area contributed by atoms with Gasteiger partial charge in [-0.3, -0.25) is 0 Å². The molecule has 3 rings (SSSR count). The summed E-state index contributed by atoms with van der Waals surface area (Å²) in [5, 5.41) is 0. The van der Waals surface area contributed by atoms with Crippen LogP contribution in [0.15, 0.2) is 72.8 Å². The number of carbonyl (C=O) groups excluding carboxylic acids is 2. The van der Waals surface area contributed by atoms with E-state index in [1.807, 2.05) is 24.3 Å². The van der Waals surface area contributed by atoms with E-state index in [0.29, 0.717) is 29.2 Å². The molecular formula is C34H42O5. The molecule has 0 atom stereocenters. The topological polar surface area (TPSA) is 61.8 Å². The summed E-state index contributed by atoms with van der Waals surface area (Å²) in [5.74, 6) is 0.607. The van der Waals surface area contributed by atoms with Crippen LogP contribution in [0.4, 0.5) is 0 Å². The molecule has 0 heterocycles. The van der Waals surface area contributed by atoms with E-state index in [9.17, 15) is 9.59 Å². The zero-order valence-electron chi connectivity index (χ0n) is 23.5. The standard InChI is InChI=1S/C34H42O5/c1-3-5-7-8-9-10-11-13-27-14-16-28(17-15-27)33(35)38-31-22-24-32(25-23-31)39-34(36)29-18-20-30(21-19-29)37-26-12-6-4-2/h14-25H,3-13,26H2,1-2H3. The van der Waals surface area contributed by atoms with Gasteiger partial charge in [0, 0.05) is 0 Å². The average molecular weight is 531 g/mol. The molecule has 5 nitrogen and oxygen atoms in total. The Bertz CT molecular complexity index is 1120. The normalized spacial score (nSPS) is 10.7. The van der Waals surface area contributed by atoms with Crippen molar-refractivity contribution < 1.29 is 23.8 Å². The first-order valence-electron chi connectivity index (χ1n) is 14.4. The Labute approximate surface area is 233 Å². The summed E-state index contributed by atoms with van der Waals surface area (Å²) in [6.45, 7) is 5.05. The molecule has 208 valence electrons. The second-order valence-electron chi connectivity index (χ2n) is 9.90. The number of rotatable bonds is 17. The van der Waals surface area contributed by atoms with Gasteiger partial charge in [-0.15, -0.1) is 0 Å². The Morgan fingerprint density at radius 1 is 0.513 bits per heavy atom. The molecule has 3 aromatic carbocycles. The van der Waals surface area contributed by atoms with Crippen LogP contribution < -0.4 is 14.2 Å². The molecule has 0 aliphatic rings. The van der Waals surface area contributed by atoms with Gasteiger partial charge in [0.2, 0.25) is 0 Å². The van der Waals surface area contributed by atoms with Crippen molar-refractivity contribution in [2.24, 2.45) is 0 Å². The minimum atomic E-state index is -0.464. The molecule has 5 heteroatoms. The number of unbranched alkanes of at least 4 members (excludes halogenated alkanes) is 8. The second-order valence-corrected chi connectivity index (χ2v) is 9.90. The third-order valence-corrected chi connectivity index (χ3v) is 6.61. The van der Waals surface area contributed by atoms with Crippen LogP contribution in [0.3, 0.4) is 0 Å². The predicted molar refractivity (Wildman–Crippen MR) is 156 cm³/mol. The molecule has 0 amide bonds. The van der Waals surface area contributed by atoms with E-state index in [1.165, 1.54) is 50.5 Å². The number of benzene rings is 3. The molecule has 0 aliphatic carbocycles. The number of hydrogen-bond acceptors (Lipinski definition) is 5. The van der Waals surface area contributed by atoms with Crippen molar-refractivity contribution in [3.05, 3.63) is 89.5 Å². The molecule has 0 saturated heterocycles. The van der Waals surface area contributed by atoms with Crippen molar-refractivity contribution in [1.29, 1.82) is 0 Å². The van der Waals surface area contributed by atoms with Crippen molar-refractivity contribution in [3.8, 4) is 17.2 Å². The quantitative estimate of drug-likeness (QED) is 0.0990. The highest BCUT2D eigenvalue weighted by atomic mass is 16.5. The summed E-state index contributed by atoms with van der Waals surface area (Å²) < 4.78 is 16.6. The van der Waals surface area contributed by atoms with Crippen molar-refractivity contribution in [3.63, 3.8) is 0 Å². The monoisotopic (exact) mass is 530 g/mol. The average Bonchev–Trinajstić information content (AvgIpc) is 2.96. The summed E-state index contributed by atoms with van der Waals surface area (Å²) in [4.78, 5) is 25.1. The highest BCUT2D eigenvalue weighted by Crippen LogP contribution is 2.21. The molecule has 39 heavy (non-hydrogen) atoms.